The Kier molecular flexibility index (Phi) is 5.06. The van der Waals surface area contributed by atoms with Gasteiger partial charge in [0, 0.05) is 22.5 Å². The third-order valence-corrected chi connectivity index (χ3v) is 4.05. The van der Waals surface area contributed by atoms with Crippen LogP contribution in [0.5, 0.6) is 0 Å². The van der Waals surface area contributed by atoms with Gasteiger partial charge in [0.2, 0.25) is 0 Å². The molecule has 4 heteroatoms. The van der Waals surface area contributed by atoms with E-state index in [1.54, 1.807) is 18.2 Å². The molecule has 3 N–H and O–H groups in total. The molecule has 0 saturated heterocycles. The van der Waals surface area contributed by atoms with Gasteiger partial charge in [0.05, 0.1) is 6.10 Å². The van der Waals surface area contributed by atoms with Crippen LogP contribution in [0.1, 0.15) is 28.7 Å². The van der Waals surface area contributed by atoms with Crippen LogP contribution in [0.4, 0.5) is 0 Å². The van der Waals surface area contributed by atoms with Crippen molar-refractivity contribution < 1.29 is 5.11 Å². The molecule has 0 spiro atoms. The van der Waals surface area contributed by atoms with Crippen molar-refractivity contribution in [2.45, 2.75) is 18.9 Å². The molecule has 2 unspecified atom stereocenters. The summed E-state index contributed by atoms with van der Waals surface area (Å²) in [6.07, 6.45) is -0.739. The molecule has 2 atom stereocenters. The van der Waals surface area contributed by atoms with Crippen molar-refractivity contribution in [1.82, 2.24) is 0 Å². The van der Waals surface area contributed by atoms with Gasteiger partial charge >= 0.3 is 0 Å². The predicted octanol–water partition coefficient (Wildman–Crippen LogP) is 4.08. The fourth-order valence-electron chi connectivity index (χ4n) is 2.36. The second-order valence-corrected chi connectivity index (χ2v) is 5.65. The number of rotatable bonds is 4. The van der Waals surface area contributed by atoms with Gasteiger partial charge in [-0.3, -0.25) is 0 Å². The van der Waals surface area contributed by atoms with Crippen molar-refractivity contribution in [2.75, 3.05) is 6.54 Å². The van der Waals surface area contributed by atoms with Crippen LogP contribution in [0.25, 0.3) is 0 Å². The number of aliphatic hydroxyl groups excluding tert-OH is 1. The summed E-state index contributed by atoms with van der Waals surface area (Å²) in [5.74, 6) is -0.335. The minimum Gasteiger partial charge on any atom is -0.388 e. The Morgan fingerprint density at radius 3 is 2.25 bits per heavy atom. The number of halogens is 2. The highest BCUT2D eigenvalue weighted by atomic mass is 35.5. The van der Waals surface area contributed by atoms with Crippen molar-refractivity contribution in [3.05, 3.63) is 69.2 Å². The standard InChI is InChI=1S/C16H17Cl2NO/c1-10-4-2-5-11(8-10)16(20)12(9-19)15-13(17)6-3-7-14(15)18/h2-8,12,16,20H,9,19H2,1H3. The van der Waals surface area contributed by atoms with Crippen LogP contribution in [0.15, 0.2) is 42.5 Å². The molecule has 0 aliphatic rings. The van der Waals surface area contributed by atoms with Gasteiger partial charge in [-0.2, -0.15) is 0 Å². The van der Waals surface area contributed by atoms with Crippen molar-refractivity contribution in [3.63, 3.8) is 0 Å². The number of aliphatic hydroxyl groups is 1. The van der Waals surface area contributed by atoms with Gasteiger partial charge in [-0.05, 0) is 30.2 Å². The Hall–Kier alpha value is -1.06. The fourth-order valence-corrected chi connectivity index (χ4v) is 3.03. The predicted molar refractivity (Wildman–Crippen MR) is 84.4 cm³/mol. The molecule has 2 rings (SSSR count). The zero-order chi connectivity index (χ0) is 14.7. The molecule has 2 aromatic carbocycles. The number of nitrogens with two attached hydrogens (primary N) is 1. The normalized spacial score (nSPS) is 14.1. The molecular weight excluding hydrogens is 293 g/mol. The molecule has 0 radical (unpaired) electrons. The average Bonchev–Trinajstić information content (AvgIpc) is 2.42. The molecule has 0 aromatic heterocycles. The number of benzene rings is 2. The maximum Gasteiger partial charge on any atom is 0.0871 e. The summed E-state index contributed by atoms with van der Waals surface area (Å²) in [5.41, 5.74) is 8.44. The lowest BCUT2D eigenvalue weighted by Gasteiger charge is -2.24. The summed E-state index contributed by atoms with van der Waals surface area (Å²) in [5, 5.41) is 11.7. The Balaban J connectivity index is 2.42. The Labute approximate surface area is 129 Å². The molecule has 0 heterocycles. The minimum absolute atomic E-state index is 0.262. The first-order chi connectivity index (χ1) is 9.54. The SMILES string of the molecule is Cc1cccc(C(O)C(CN)c2c(Cl)cccc2Cl)c1. The van der Waals surface area contributed by atoms with E-state index in [0.29, 0.717) is 15.6 Å². The lowest BCUT2D eigenvalue weighted by atomic mass is 9.88. The quantitative estimate of drug-likeness (QED) is 0.894. The van der Waals surface area contributed by atoms with Crippen molar-refractivity contribution >= 4 is 23.2 Å². The molecule has 0 fully saturated rings. The van der Waals surface area contributed by atoms with E-state index in [4.69, 9.17) is 28.9 Å². The van der Waals surface area contributed by atoms with Gasteiger partial charge in [0.1, 0.15) is 0 Å². The highest BCUT2D eigenvalue weighted by Gasteiger charge is 2.25. The Morgan fingerprint density at radius 1 is 1.10 bits per heavy atom. The van der Waals surface area contributed by atoms with Gasteiger partial charge in [-0.25, -0.2) is 0 Å². The maximum atomic E-state index is 10.6. The van der Waals surface area contributed by atoms with E-state index >= 15 is 0 Å². The van der Waals surface area contributed by atoms with E-state index in [9.17, 15) is 5.11 Å². The molecule has 0 saturated carbocycles. The molecule has 0 aliphatic carbocycles. The highest BCUT2D eigenvalue weighted by Crippen LogP contribution is 2.38. The summed E-state index contributed by atoms with van der Waals surface area (Å²) >= 11 is 12.4. The first kappa shape index (κ1) is 15.3. The number of hydrogen-bond acceptors (Lipinski definition) is 2. The van der Waals surface area contributed by atoms with Crippen LogP contribution in [-0.2, 0) is 0 Å². The fraction of sp³-hybridized carbons (Fsp3) is 0.250. The highest BCUT2D eigenvalue weighted by molar-refractivity contribution is 6.36. The summed E-state index contributed by atoms with van der Waals surface area (Å²) in [6, 6.07) is 13.0. The van der Waals surface area contributed by atoms with Crippen LogP contribution in [0.3, 0.4) is 0 Å². The van der Waals surface area contributed by atoms with Gasteiger partial charge < -0.3 is 10.8 Å². The number of aryl methyl sites for hydroxylation is 1. The van der Waals surface area contributed by atoms with Crippen LogP contribution in [-0.4, -0.2) is 11.7 Å². The van der Waals surface area contributed by atoms with E-state index in [2.05, 4.69) is 0 Å². The van der Waals surface area contributed by atoms with Crippen LogP contribution in [0, 0.1) is 6.92 Å². The summed E-state index contributed by atoms with van der Waals surface area (Å²) in [6.45, 7) is 2.24. The molecular formula is C16H17Cl2NO. The summed E-state index contributed by atoms with van der Waals surface area (Å²) in [7, 11) is 0. The van der Waals surface area contributed by atoms with Gasteiger partial charge in [-0.1, -0.05) is 59.1 Å². The molecule has 106 valence electrons. The lowest BCUT2D eigenvalue weighted by molar-refractivity contribution is 0.147. The third kappa shape index (κ3) is 3.15. The van der Waals surface area contributed by atoms with Crippen LogP contribution < -0.4 is 5.73 Å². The summed E-state index contributed by atoms with van der Waals surface area (Å²) < 4.78 is 0. The summed E-state index contributed by atoms with van der Waals surface area (Å²) in [4.78, 5) is 0. The first-order valence-electron chi connectivity index (χ1n) is 6.43. The van der Waals surface area contributed by atoms with E-state index < -0.39 is 6.10 Å². The third-order valence-electron chi connectivity index (χ3n) is 3.39. The second kappa shape index (κ2) is 6.59. The topological polar surface area (TPSA) is 46.2 Å². The molecule has 0 aliphatic heterocycles. The van der Waals surface area contributed by atoms with Crippen LogP contribution in [0.2, 0.25) is 10.0 Å². The second-order valence-electron chi connectivity index (χ2n) is 4.84. The monoisotopic (exact) mass is 309 g/mol. The average molecular weight is 310 g/mol. The van der Waals surface area contributed by atoms with Crippen molar-refractivity contribution in [2.24, 2.45) is 5.73 Å². The molecule has 2 nitrogen and oxygen atoms in total. The molecule has 0 bridgehead atoms. The minimum atomic E-state index is -0.739. The van der Waals surface area contributed by atoms with Gasteiger partial charge in [0.15, 0.2) is 0 Å². The molecule has 2 aromatic rings. The van der Waals surface area contributed by atoms with E-state index in [-0.39, 0.29) is 12.5 Å². The Morgan fingerprint density at radius 2 is 1.70 bits per heavy atom. The zero-order valence-electron chi connectivity index (χ0n) is 11.2. The van der Waals surface area contributed by atoms with E-state index in [1.807, 2.05) is 31.2 Å². The largest absolute Gasteiger partial charge is 0.388 e. The first-order valence-corrected chi connectivity index (χ1v) is 7.18. The maximum absolute atomic E-state index is 10.6. The van der Waals surface area contributed by atoms with E-state index in [0.717, 1.165) is 11.1 Å². The zero-order valence-corrected chi connectivity index (χ0v) is 12.7. The molecule has 0 amide bonds. The van der Waals surface area contributed by atoms with Gasteiger partial charge in [0.25, 0.3) is 0 Å². The van der Waals surface area contributed by atoms with Crippen molar-refractivity contribution in [1.29, 1.82) is 0 Å². The molecule has 20 heavy (non-hydrogen) atoms. The Bertz CT molecular complexity index is 581. The van der Waals surface area contributed by atoms with E-state index in [1.165, 1.54) is 0 Å². The van der Waals surface area contributed by atoms with Gasteiger partial charge in [-0.15, -0.1) is 0 Å². The number of hydrogen-bond donors (Lipinski definition) is 2. The lowest BCUT2D eigenvalue weighted by Crippen LogP contribution is -2.21. The van der Waals surface area contributed by atoms with Crippen molar-refractivity contribution in [3.8, 4) is 0 Å². The van der Waals surface area contributed by atoms with Crippen LogP contribution >= 0.6 is 23.2 Å². The smallest absolute Gasteiger partial charge is 0.0871 e.